The van der Waals surface area contributed by atoms with Gasteiger partial charge in [0, 0.05) is 0 Å². The van der Waals surface area contributed by atoms with Crippen LogP contribution in [-0.2, 0) is 19.2 Å². The first-order valence-electron chi connectivity index (χ1n) is 10.2. The van der Waals surface area contributed by atoms with E-state index >= 15 is 0 Å². The topological polar surface area (TPSA) is 127 Å². The summed E-state index contributed by atoms with van der Waals surface area (Å²) in [5, 5.41) is 19.1. The summed E-state index contributed by atoms with van der Waals surface area (Å²) in [6.07, 6.45) is 5.53. The lowest BCUT2D eigenvalue weighted by Crippen LogP contribution is -2.01. The minimum Gasteiger partial charge on any atom is -0.504 e. The van der Waals surface area contributed by atoms with E-state index in [9.17, 15) is 29.4 Å². The minimum absolute atomic E-state index is 0.00662. The van der Waals surface area contributed by atoms with Crippen molar-refractivity contribution in [2.45, 2.75) is 26.7 Å². The second-order valence-electron chi connectivity index (χ2n) is 7.22. The van der Waals surface area contributed by atoms with Crippen LogP contribution in [0.2, 0.25) is 0 Å². The number of phenols is 2. The van der Waals surface area contributed by atoms with Crippen LogP contribution in [0.25, 0.3) is 12.2 Å². The van der Waals surface area contributed by atoms with Crippen LogP contribution in [0.4, 0.5) is 0 Å². The molecule has 8 heteroatoms. The van der Waals surface area contributed by atoms with E-state index in [-0.39, 0.29) is 47.5 Å². The van der Waals surface area contributed by atoms with E-state index in [4.69, 9.17) is 9.47 Å². The van der Waals surface area contributed by atoms with Gasteiger partial charge in [0.2, 0.25) is 0 Å². The maximum atomic E-state index is 11.9. The summed E-state index contributed by atoms with van der Waals surface area (Å²) in [5.41, 5.74) is 1.33. The largest absolute Gasteiger partial charge is 0.504 e. The number of carbonyl (C=O) groups excluding carboxylic acids is 4. The highest BCUT2D eigenvalue weighted by Gasteiger charge is 2.06. The van der Waals surface area contributed by atoms with Crippen molar-refractivity contribution in [3.05, 3.63) is 59.7 Å². The third kappa shape index (κ3) is 10.4. The molecule has 0 fully saturated rings. The van der Waals surface area contributed by atoms with E-state index in [2.05, 4.69) is 0 Å². The molecule has 0 aliphatic rings. The van der Waals surface area contributed by atoms with Gasteiger partial charge in [0.05, 0.1) is 27.1 Å². The molecule has 34 heavy (non-hydrogen) atoms. The van der Waals surface area contributed by atoms with Crippen molar-refractivity contribution in [2.75, 3.05) is 14.2 Å². The van der Waals surface area contributed by atoms with Crippen LogP contribution in [0.5, 0.6) is 23.0 Å². The number of methoxy groups -OCH3 is 2. The van der Waals surface area contributed by atoms with Gasteiger partial charge in [-0.25, -0.2) is 0 Å². The number of rotatable bonds is 10. The highest BCUT2D eigenvalue weighted by atomic mass is 16.5. The number of benzene rings is 2. The van der Waals surface area contributed by atoms with Crippen LogP contribution in [0.1, 0.15) is 37.8 Å². The number of carbonyl (C=O) groups is 4. The fraction of sp³-hybridized carbons (Fsp3) is 0.231. The van der Waals surface area contributed by atoms with E-state index < -0.39 is 0 Å². The quantitative estimate of drug-likeness (QED) is 0.397. The van der Waals surface area contributed by atoms with Crippen molar-refractivity contribution in [1.82, 2.24) is 0 Å². The highest BCUT2D eigenvalue weighted by Crippen LogP contribution is 2.27. The van der Waals surface area contributed by atoms with E-state index in [0.717, 1.165) is 0 Å². The molecule has 2 aromatic rings. The Morgan fingerprint density at radius 3 is 1.38 bits per heavy atom. The van der Waals surface area contributed by atoms with Crippen molar-refractivity contribution in [1.29, 1.82) is 0 Å². The predicted molar refractivity (Wildman–Crippen MR) is 128 cm³/mol. The number of aromatic hydroxyl groups is 2. The minimum atomic E-state index is -0.347. The fourth-order valence-electron chi connectivity index (χ4n) is 2.61. The van der Waals surface area contributed by atoms with E-state index in [1.807, 2.05) is 0 Å². The first-order valence-corrected chi connectivity index (χ1v) is 10.2. The number of ether oxygens (including phenoxy) is 2. The monoisotopic (exact) mass is 468 g/mol. The average Bonchev–Trinajstić information content (AvgIpc) is 2.77. The van der Waals surface area contributed by atoms with Crippen molar-refractivity contribution in [2.24, 2.45) is 0 Å². The number of Topliss-reactive ketones (excluding diaryl/α,β-unsaturated/α-hetero) is 2. The third-order valence-corrected chi connectivity index (χ3v) is 4.18. The molecule has 0 aliphatic heterocycles. The van der Waals surface area contributed by atoms with Crippen LogP contribution < -0.4 is 9.47 Å². The van der Waals surface area contributed by atoms with Gasteiger partial charge in [-0.15, -0.1) is 0 Å². The summed E-state index contributed by atoms with van der Waals surface area (Å²) in [7, 11) is 2.87. The van der Waals surface area contributed by atoms with Gasteiger partial charge in [-0.05, 0) is 61.4 Å². The zero-order valence-electron chi connectivity index (χ0n) is 19.5. The number of ketones is 4. The van der Waals surface area contributed by atoms with Gasteiger partial charge >= 0.3 is 0 Å². The molecule has 0 unspecified atom stereocenters. The molecule has 0 aliphatic carbocycles. The molecule has 180 valence electrons. The van der Waals surface area contributed by atoms with E-state index in [1.165, 1.54) is 52.4 Å². The number of phenolic OH excluding ortho intramolecular Hbond substituents is 2. The summed E-state index contributed by atoms with van der Waals surface area (Å²) in [6.45, 7) is 2.81. The van der Waals surface area contributed by atoms with Gasteiger partial charge in [-0.2, -0.15) is 0 Å². The van der Waals surface area contributed by atoms with Crippen LogP contribution in [0.15, 0.2) is 48.6 Å². The Balaban J connectivity index is 0.000000718. The maximum absolute atomic E-state index is 11.9. The number of allylic oxidation sites excluding steroid dienone is 2. The maximum Gasteiger partial charge on any atom is 0.163 e. The van der Waals surface area contributed by atoms with Crippen molar-refractivity contribution >= 4 is 35.3 Å². The molecular weight excluding hydrogens is 440 g/mol. The lowest BCUT2D eigenvalue weighted by molar-refractivity contribution is -0.125. The molecule has 0 saturated heterocycles. The second-order valence-corrected chi connectivity index (χ2v) is 7.22. The fourth-order valence-corrected chi connectivity index (χ4v) is 2.61. The van der Waals surface area contributed by atoms with Crippen molar-refractivity contribution < 1.29 is 38.9 Å². The second kappa shape index (κ2) is 14.1. The summed E-state index contributed by atoms with van der Waals surface area (Å²) in [6, 6.07) is 9.34. The van der Waals surface area contributed by atoms with Crippen molar-refractivity contribution in [3.8, 4) is 23.0 Å². The molecule has 0 spiro atoms. The van der Waals surface area contributed by atoms with E-state index in [1.54, 1.807) is 36.4 Å². The standard InChI is InChI=1S/C21H20O6.C5H8O2/c1-26-20-11-14(5-9-18(20)24)3-7-16(22)13-17(23)8-4-15-6-10-19(25)21(12-15)27-2;1-4(6)3-5(2)7/h3-12,24-25H,13H2,1-2H3;3H2,1-2H3/b7-3+,8-4+;. The van der Waals surface area contributed by atoms with Gasteiger partial charge in [0.1, 0.15) is 11.6 Å². The highest BCUT2D eigenvalue weighted by molar-refractivity contribution is 6.10. The number of hydrogen-bond acceptors (Lipinski definition) is 8. The zero-order valence-corrected chi connectivity index (χ0v) is 19.5. The van der Waals surface area contributed by atoms with Gasteiger partial charge in [-0.1, -0.05) is 24.3 Å². The molecule has 0 amide bonds. The Morgan fingerprint density at radius 1 is 0.706 bits per heavy atom. The van der Waals surface area contributed by atoms with Gasteiger partial charge in [-0.3, -0.25) is 19.2 Å². The van der Waals surface area contributed by atoms with E-state index in [0.29, 0.717) is 22.6 Å². The van der Waals surface area contributed by atoms with Crippen LogP contribution in [0.3, 0.4) is 0 Å². The first-order chi connectivity index (χ1) is 16.0. The van der Waals surface area contributed by atoms with Crippen molar-refractivity contribution in [3.63, 3.8) is 0 Å². The molecule has 0 heterocycles. The zero-order chi connectivity index (χ0) is 25.7. The van der Waals surface area contributed by atoms with Gasteiger partial charge in [0.15, 0.2) is 34.6 Å². The van der Waals surface area contributed by atoms with Crippen LogP contribution in [0, 0.1) is 0 Å². The van der Waals surface area contributed by atoms with Crippen LogP contribution in [-0.4, -0.2) is 47.6 Å². The lowest BCUT2D eigenvalue weighted by atomic mass is 10.1. The molecule has 2 rings (SSSR count). The molecule has 8 nitrogen and oxygen atoms in total. The van der Waals surface area contributed by atoms with Gasteiger partial charge < -0.3 is 19.7 Å². The molecule has 2 N–H and O–H groups in total. The molecule has 0 bridgehead atoms. The van der Waals surface area contributed by atoms with Gasteiger partial charge in [0.25, 0.3) is 0 Å². The number of hydrogen-bond donors (Lipinski definition) is 2. The van der Waals surface area contributed by atoms with Crippen LogP contribution >= 0.6 is 0 Å². The summed E-state index contributed by atoms with van der Waals surface area (Å²) in [4.78, 5) is 43.9. The summed E-state index contributed by atoms with van der Waals surface area (Å²) in [5.74, 6) is -0.208. The SMILES string of the molecule is CC(=O)CC(C)=O.COc1cc(/C=C/C(=O)CC(=O)/C=C/c2ccc(O)c(OC)c2)ccc1O. The molecule has 0 radical (unpaired) electrons. The molecule has 0 aromatic heterocycles. The molecule has 0 atom stereocenters. The summed E-state index contributed by atoms with van der Waals surface area (Å²) >= 11 is 0. The smallest absolute Gasteiger partial charge is 0.163 e. The first kappa shape index (κ1) is 27.8. The Kier molecular flexibility index (Phi) is 11.5. The normalized spacial score (nSPS) is 10.5. The Bertz CT molecular complexity index is 1010. The summed E-state index contributed by atoms with van der Waals surface area (Å²) < 4.78 is 10.00. The molecule has 0 saturated carbocycles. The molecular formula is C26H28O8. The predicted octanol–water partition coefficient (Wildman–Crippen LogP) is 3.92. The average molecular weight is 469 g/mol. The Morgan fingerprint density at radius 2 is 1.09 bits per heavy atom. The Hall–Kier alpha value is -4.20. The molecule has 2 aromatic carbocycles. The lowest BCUT2D eigenvalue weighted by Gasteiger charge is -2.03. The third-order valence-electron chi connectivity index (χ3n) is 4.18. The Labute approximate surface area is 198 Å².